The molecule has 4 amide bonds. The van der Waals surface area contributed by atoms with Gasteiger partial charge in [-0.1, -0.05) is 333 Å². The number of nitrogens with zero attached hydrogens (tertiary/aromatic N) is 16. The Balaban J connectivity index is -0.000000129. The van der Waals surface area contributed by atoms with Gasteiger partial charge in [-0.25, -0.2) is 9.97 Å². The van der Waals surface area contributed by atoms with Crippen LogP contribution in [0.25, 0.3) is 0 Å². The zero-order valence-electron chi connectivity index (χ0n) is 97.9. The Labute approximate surface area is 872 Å². The first-order valence-corrected chi connectivity index (χ1v) is 50.5. The standard InChI is InChI=1S/2C9H16N2.2C8H16O.2C7H16N2.2C7H15NO.C5H9N3.2C5H5NO.3C4H8N4.2C4H9NO.2C4H10.2CH4/c2*1-6(2)8-5-10-9(11-8)7(3)4;2*1-6(2)5-8(9)7(3)4;2*1-5(2)7(8)9-6(3)4;2*1-5(2)7(9)8-6(3)4;1-4(2)5-3-6-8-7-5;2*7-5-3-1-2-4-6-5;3*1-3(2)4-5-7-8-6-4;2*1-3(2)4(5)6;2*1-4(2)3;;/h2*5-7H,1-4H3,(H,10,11);6-7H,5H2,1-4H3;5-7,9H,1-4H3;2*5-6H,1-4H3,(H2,8,9);2*5-6H,1-4H3,(H,8,9);4H,3H2,1-2H3;2*1-4H,(H,6,7);3*3H,1-2H3,(H,5,6,7,8);2*3H,1-2H3,(H2,5,6);2*4H,1-3H3;2*1H4/b;;;8-5-;;;;;;;;;;;;;;;;. The number of nitrogens with two attached hydrogens (primary N) is 4. The molecule has 18 N–H and O–H groups in total. The van der Waals surface area contributed by atoms with E-state index >= 15 is 0 Å². The summed E-state index contributed by atoms with van der Waals surface area (Å²) in [5, 5.41) is 65.8. The zero-order chi connectivity index (χ0) is 113. The van der Waals surface area contributed by atoms with Crippen molar-refractivity contribution in [2.75, 3.05) is 6.54 Å². The van der Waals surface area contributed by atoms with Gasteiger partial charge in [0.25, 0.3) is 0 Å². The molecule has 0 aromatic carbocycles. The van der Waals surface area contributed by atoms with E-state index in [1.165, 1.54) is 23.5 Å². The smallest absolute Gasteiger partial charge is 0.247 e. The molecule has 7 aromatic heterocycles. The zero-order valence-corrected chi connectivity index (χ0v) is 97.9. The van der Waals surface area contributed by atoms with Crippen molar-refractivity contribution >= 4 is 46.8 Å². The number of aromatic nitrogens is 18. The van der Waals surface area contributed by atoms with Crippen LogP contribution in [0.15, 0.2) is 108 Å². The number of aliphatic hydroxyl groups is 1. The molecule has 0 saturated heterocycles. The van der Waals surface area contributed by atoms with Crippen molar-refractivity contribution in [1.29, 1.82) is 0 Å². The van der Waals surface area contributed by atoms with E-state index in [1.54, 1.807) is 64.4 Å². The Hall–Kier alpha value is -11.2. The largest absolute Gasteiger partial charge is 0.512 e. The fourth-order valence-corrected chi connectivity index (χ4v) is 7.36. The Kier molecular flexibility index (Phi) is 106. The first-order valence-electron chi connectivity index (χ1n) is 50.5. The summed E-state index contributed by atoms with van der Waals surface area (Å²) < 4.78 is 0. The van der Waals surface area contributed by atoms with E-state index in [-0.39, 0.29) is 97.2 Å². The number of imidazole rings is 2. The summed E-state index contributed by atoms with van der Waals surface area (Å²) >= 11 is 0. The van der Waals surface area contributed by atoms with Crippen LogP contribution in [0.1, 0.15) is 449 Å². The molecule has 0 atom stereocenters. The van der Waals surface area contributed by atoms with Gasteiger partial charge in [0.1, 0.15) is 24.0 Å². The normalized spacial score (nSPS) is 11.0. The van der Waals surface area contributed by atoms with Crippen molar-refractivity contribution in [3.05, 3.63) is 134 Å². The number of ketones is 1. The van der Waals surface area contributed by atoms with Crippen LogP contribution in [0.5, 0.6) is 0 Å². The van der Waals surface area contributed by atoms with Gasteiger partial charge in [-0.05, 0) is 120 Å². The molecule has 8 heterocycles. The molecule has 7 aromatic rings. The molecule has 0 aliphatic carbocycles. The Morgan fingerprint density at radius 1 is 0.396 bits per heavy atom. The van der Waals surface area contributed by atoms with Gasteiger partial charge < -0.3 is 58.6 Å². The summed E-state index contributed by atoms with van der Waals surface area (Å²) in [4.78, 5) is 101. The van der Waals surface area contributed by atoms with Gasteiger partial charge in [0.15, 0.2) is 17.5 Å². The van der Waals surface area contributed by atoms with Gasteiger partial charge >= 0.3 is 0 Å². The van der Waals surface area contributed by atoms with Gasteiger partial charge in [-0.2, -0.15) is 20.8 Å². The molecule has 1 aliphatic rings. The maximum atomic E-state index is 11.0. The van der Waals surface area contributed by atoms with Crippen molar-refractivity contribution in [2.45, 2.75) is 433 Å². The van der Waals surface area contributed by atoms with E-state index in [9.17, 15) is 33.6 Å². The number of carbonyl (C=O) groups is 5. The molecule has 0 spiro atoms. The van der Waals surface area contributed by atoms with Crippen LogP contribution in [0.3, 0.4) is 0 Å². The van der Waals surface area contributed by atoms with Crippen LogP contribution in [0, 0.1) is 76.9 Å². The predicted molar refractivity (Wildman–Crippen MR) is 606 cm³/mol. The lowest BCUT2D eigenvalue weighted by atomic mass is 9.99. The topological polar surface area (TPSA) is 582 Å². The van der Waals surface area contributed by atoms with Crippen LogP contribution in [-0.2, 0) is 24.0 Å². The number of hydrogen-bond acceptors (Lipinski definition) is 24. The number of aliphatic imine (C=N–C) groups is 2. The van der Waals surface area contributed by atoms with Crippen LogP contribution in [-0.4, -0.2) is 174 Å². The molecule has 8 rings (SSSR count). The average Bonchev–Trinajstić information content (AvgIpc) is 1.75. The maximum Gasteiger partial charge on any atom is 0.247 e. The molecule has 0 bridgehead atoms. The lowest BCUT2D eigenvalue weighted by molar-refractivity contribution is -0.125. The quantitative estimate of drug-likeness (QED) is 0.0161. The number of rotatable bonds is 23. The molecule has 0 fully saturated rings. The van der Waals surface area contributed by atoms with Crippen molar-refractivity contribution in [1.82, 2.24) is 102 Å². The molecule has 0 radical (unpaired) electrons. The number of primary amides is 2. The third kappa shape index (κ3) is 114. The second-order valence-electron chi connectivity index (χ2n) is 41.5. The summed E-state index contributed by atoms with van der Waals surface area (Å²) in [6.45, 7) is 102. The van der Waals surface area contributed by atoms with Crippen LogP contribution in [0.2, 0.25) is 0 Å². The minimum absolute atomic E-state index is 0. The van der Waals surface area contributed by atoms with E-state index in [2.05, 4.69) is 266 Å². The first kappa shape index (κ1) is 158. The van der Waals surface area contributed by atoms with Gasteiger partial charge in [0.2, 0.25) is 34.7 Å². The highest BCUT2D eigenvalue weighted by Gasteiger charge is 2.13. The van der Waals surface area contributed by atoms with Crippen molar-refractivity contribution < 1.29 is 29.1 Å². The number of amidine groups is 2. The summed E-state index contributed by atoms with van der Waals surface area (Å²) in [5.41, 5.74) is 24.2. The molecule has 1 aliphatic heterocycles. The van der Waals surface area contributed by atoms with E-state index in [0.29, 0.717) is 101 Å². The second-order valence-corrected chi connectivity index (χ2v) is 41.5. The first-order chi connectivity index (χ1) is 65.2. The summed E-state index contributed by atoms with van der Waals surface area (Å²) in [7, 11) is 0. The SMILES string of the molecule is C.C.CC(C)/C=C(\O)C(C)C.CC(C)C.CC(C)C.CC(C)C(N)=O.CC(C)C(N)=O.CC(C)C1=NN=NC1.CC(C)CC(=O)C(C)C.CC(C)N=C(N)C(C)C.CC(C)N=C(N)C(C)C.CC(C)NC(=O)C(C)C.CC(C)NC(=O)C(C)C.CC(C)c1cnc(C(C)C)[nH]1.CC(C)c1cnc(C(C)C)[nH]1.CC(C)c1nn[nH]n1.CC(C)c1nn[nH]n1.CC(C)c1nn[nH]n1.O=c1cccc[nH]1.O=c1cccc[nH]1. The van der Waals surface area contributed by atoms with E-state index in [4.69, 9.17) is 28.0 Å². The number of pyridine rings is 2. The fourth-order valence-electron chi connectivity index (χ4n) is 7.36. The third-order valence-corrected chi connectivity index (χ3v) is 16.1. The molecule has 836 valence electrons. The van der Waals surface area contributed by atoms with Gasteiger partial charge in [0.05, 0.1) is 23.1 Å². The van der Waals surface area contributed by atoms with Crippen molar-refractivity contribution in [2.24, 2.45) is 125 Å². The third-order valence-electron chi connectivity index (χ3n) is 16.1. The monoisotopic (exact) mass is 2030 g/mol. The molecular formula is C107H215N29O8. The Bertz CT molecular complexity index is 3940. The molecular weight excluding hydrogens is 1820 g/mol. The van der Waals surface area contributed by atoms with Gasteiger partial charge in [-0.3, -0.25) is 43.5 Å². The second kappa shape index (κ2) is 96.6. The number of tetrazole rings is 3. The summed E-state index contributed by atoms with van der Waals surface area (Å²) in [6.07, 6.45) is 9.67. The minimum atomic E-state index is -0.241. The van der Waals surface area contributed by atoms with Gasteiger partial charge in [0, 0.05) is 156 Å². The van der Waals surface area contributed by atoms with Crippen LogP contribution >= 0.6 is 0 Å². The van der Waals surface area contributed by atoms with E-state index in [1.807, 2.05) is 198 Å². The van der Waals surface area contributed by atoms with Crippen molar-refractivity contribution in [3.8, 4) is 0 Å². The molecule has 37 nitrogen and oxygen atoms in total. The lowest BCUT2D eigenvalue weighted by Crippen LogP contribution is -2.33. The number of amides is 4. The summed E-state index contributed by atoms with van der Waals surface area (Å²) in [5.74, 6) is 14.4. The Morgan fingerprint density at radius 3 is 0.778 bits per heavy atom. The summed E-state index contributed by atoms with van der Waals surface area (Å²) in [6, 6.07) is 11.0. The van der Waals surface area contributed by atoms with Crippen molar-refractivity contribution in [3.63, 3.8) is 0 Å². The number of H-pyrrole nitrogens is 7. The molecule has 0 saturated carbocycles. The Morgan fingerprint density at radius 2 is 0.688 bits per heavy atom. The van der Waals surface area contributed by atoms with E-state index < -0.39 is 0 Å². The number of Topliss-reactive ketones (excluding diaryl/α,β-unsaturated/α-hetero) is 1. The van der Waals surface area contributed by atoms with E-state index in [0.717, 1.165) is 64.8 Å². The number of carbonyl (C=O) groups excluding carboxylic acids is 5. The highest BCUT2D eigenvalue weighted by atomic mass is 16.3. The lowest BCUT2D eigenvalue weighted by Gasteiger charge is -2.09. The van der Waals surface area contributed by atoms with Crippen LogP contribution < -0.4 is 44.7 Å². The number of nitrogens with one attached hydrogen (secondary N) is 9. The van der Waals surface area contributed by atoms with Crippen LogP contribution in [0.4, 0.5) is 0 Å². The average molecular weight is 2040 g/mol. The fraction of sp³-hybridized carbons (Fsp3) is 0.729. The number of hydrogen-bond donors (Lipinski definition) is 14. The number of aliphatic hydroxyl groups excluding tert-OH is 1. The van der Waals surface area contributed by atoms with Gasteiger partial charge in [-0.15, -0.1) is 35.7 Å². The minimum Gasteiger partial charge on any atom is -0.512 e. The molecule has 0 unspecified atom stereocenters. The highest BCUT2D eigenvalue weighted by molar-refractivity contribution is 5.88. The predicted octanol–water partition coefficient (Wildman–Crippen LogP) is 23.5. The maximum absolute atomic E-state index is 11.0. The number of allylic oxidation sites excluding steroid dienone is 2. The molecule has 144 heavy (non-hydrogen) atoms. The molecule has 37 heteroatoms. The number of aromatic amines is 7. The highest BCUT2D eigenvalue weighted by Crippen LogP contribution is 2.18.